The van der Waals surface area contributed by atoms with E-state index in [1.54, 1.807) is 0 Å². The molecule has 0 saturated heterocycles. The second-order valence-electron chi connectivity index (χ2n) is 4.07. The summed E-state index contributed by atoms with van der Waals surface area (Å²) in [5.41, 5.74) is 0.636. The summed E-state index contributed by atoms with van der Waals surface area (Å²) in [6.45, 7) is 0.800. The summed E-state index contributed by atoms with van der Waals surface area (Å²) in [4.78, 5) is 11.5. The quantitative estimate of drug-likeness (QED) is 0.823. The second-order valence-corrected chi connectivity index (χ2v) is 4.22. The molecule has 1 atom stereocenters. The lowest BCUT2D eigenvalue weighted by atomic mass is 9.88. The highest BCUT2D eigenvalue weighted by Gasteiger charge is 2.25. The summed E-state index contributed by atoms with van der Waals surface area (Å²) in [5.74, 6) is -1.11. The lowest BCUT2D eigenvalue weighted by molar-refractivity contribution is -0.136. The molecule has 0 fully saturated rings. The number of ether oxygens (including phenoxy) is 1. The van der Waals surface area contributed by atoms with Gasteiger partial charge in [-0.15, -0.1) is 0 Å². The number of hydrogen-bond donors (Lipinski definition) is 0. The highest BCUT2D eigenvalue weighted by Crippen LogP contribution is 2.28. The van der Waals surface area contributed by atoms with Crippen LogP contribution in [0.1, 0.15) is 25.3 Å². The van der Waals surface area contributed by atoms with Crippen LogP contribution in [0.2, 0.25) is 0 Å². The second kappa shape index (κ2) is 6.54. The van der Waals surface area contributed by atoms with Gasteiger partial charge < -0.3 is 9.03 Å². The summed E-state index contributed by atoms with van der Waals surface area (Å²) >= 11 is 5.07. The molecule has 18 heavy (non-hydrogen) atoms. The van der Waals surface area contributed by atoms with Crippen LogP contribution in [-0.2, 0) is 9.08 Å². The Bertz CT molecular complexity index is 393. The fourth-order valence-corrected chi connectivity index (χ4v) is 1.79. The van der Waals surface area contributed by atoms with Gasteiger partial charge in [0.2, 0.25) is 0 Å². The van der Waals surface area contributed by atoms with Gasteiger partial charge in [0, 0.05) is 0 Å². The summed E-state index contributed by atoms with van der Waals surface area (Å²) in [5, 5.41) is 0. The summed E-state index contributed by atoms with van der Waals surface area (Å²) < 4.78 is 32.4. The van der Waals surface area contributed by atoms with Crippen molar-refractivity contribution in [3.05, 3.63) is 29.8 Å². The average Bonchev–Trinajstić information content (AvgIpc) is 2.30. The fraction of sp³-hybridized carbons (Fsp3) is 0.417. The van der Waals surface area contributed by atoms with Gasteiger partial charge >= 0.3 is 12.6 Å². The van der Waals surface area contributed by atoms with E-state index in [4.69, 9.17) is 11.9 Å². The van der Waals surface area contributed by atoms with Crippen LogP contribution in [0.25, 0.3) is 0 Å². The SMILES string of the molecule is CC(C)C(C(=O)OCl)c1ccc(OC(F)F)cc1. The zero-order chi connectivity index (χ0) is 13.7. The highest BCUT2D eigenvalue weighted by atomic mass is 35.5. The predicted molar refractivity (Wildman–Crippen MR) is 62.6 cm³/mol. The standard InChI is InChI=1S/C12H13ClF2O3/c1-7(2)10(11(16)18-13)8-3-5-9(6-4-8)17-12(14)15/h3-7,10,12H,1-2H3. The lowest BCUT2D eigenvalue weighted by Crippen LogP contribution is -2.18. The summed E-state index contributed by atoms with van der Waals surface area (Å²) in [6.07, 6.45) is 0. The van der Waals surface area contributed by atoms with Crippen molar-refractivity contribution in [1.82, 2.24) is 0 Å². The topological polar surface area (TPSA) is 35.5 Å². The molecular formula is C12H13ClF2O3. The number of rotatable bonds is 5. The first-order chi connectivity index (χ1) is 8.45. The Labute approximate surface area is 109 Å². The molecule has 0 amide bonds. The fourth-order valence-electron chi connectivity index (χ4n) is 1.70. The van der Waals surface area contributed by atoms with Gasteiger partial charge in [-0.25, -0.2) is 4.79 Å². The molecule has 0 radical (unpaired) electrons. The average molecular weight is 279 g/mol. The van der Waals surface area contributed by atoms with Crippen molar-refractivity contribution in [1.29, 1.82) is 0 Å². The van der Waals surface area contributed by atoms with Crippen molar-refractivity contribution in [2.75, 3.05) is 0 Å². The largest absolute Gasteiger partial charge is 0.435 e. The maximum absolute atomic E-state index is 12.0. The minimum Gasteiger partial charge on any atom is -0.435 e. The number of carbonyl (C=O) groups excluding carboxylic acids is 1. The van der Waals surface area contributed by atoms with E-state index in [-0.39, 0.29) is 11.7 Å². The normalized spacial score (nSPS) is 12.6. The van der Waals surface area contributed by atoms with Crippen molar-refractivity contribution >= 4 is 17.8 Å². The Morgan fingerprint density at radius 1 is 1.22 bits per heavy atom. The van der Waals surface area contributed by atoms with Crippen molar-refractivity contribution in [2.24, 2.45) is 5.92 Å². The van der Waals surface area contributed by atoms with E-state index in [0.717, 1.165) is 0 Å². The number of hydrogen-bond acceptors (Lipinski definition) is 3. The molecule has 0 N–H and O–H groups in total. The molecule has 1 rings (SSSR count). The van der Waals surface area contributed by atoms with E-state index < -0.39 is 18.5 Å². The first-order valence-electron chi connectivity index (χ1n) is 5.33. The Morgan fingerprint density at radius 2 is 1.78 bits per heavy atom. The van der Waals surface area contributed by atoms with Gasteiger partial charge in [0.25, 0.3) is 0 Å². The van der Waals surface area contributed by atoms with Crippen LogP contribution in [0.4, 0.5) is 8.78 Å². The molecule has 100 valence electrons. The van der Waals surface area contributed by atoms with Gasteiger partial charge in [-0.3, -0.25) is 0 Å². The zero-order valence-electron chi connectivity index (χ0n) is 9.90. The molecule has 3 nitrogen and oxygen atoms in total. The van der Waals surface area contributed by atoms with Gasteiger partial charge in [-0.2, -0.15) is 8.78 Å². The van der Waals surface area contributed by atoms with Crippen LogP contribution in [0.3, 0.4) is 0 Å². The maximum Gasteiger partial charge on any atom is 0.387 e. The third-order valence-corrected chi connectivity index (χ3v) is 2.61. The highest BCUT2D eigenvalue weighted by molar-refractivity contribution is 6.13. The summed E-state index contributed by atoms with van der Waals surface area (Å²) in [6, 6.07) is 5.82. The van der Waals surface area contributed by atoms with Crippen LogP contribution in [0.15, 0.2) is 24.3 Å². The van der Waals surface area contributed by atoms with Crippen molar-refractivity contribution < 1.29 is 22.6 Å². The Morgan fingerprint density at radius 3 is 2.17 bits per heavy atom. The maximum atomic E-state index is 12.0. The Balaban J connectivity index is 2.90. The zero-order valence-corrected chi connectivity index (χ0v) is 10.7. The molecule has 6 heteroatoms. The van der Waals surface area contributed by atoms with Gasteiger partial charge in [0.05, 0.1) is 5.92 Å². The molecule has 0 bridgehead atoms. The number of alkyl halides is 2. The first-order valence-corrected chi connectivity index (χ1v) is 5.63. The smallest absolute Gasteiger partial charge is 0.387 e. The summed E-state index contributed by atoms with van der Waals surface area (Å²) in [7, 11) is 0. The minimum atomic E-state index is -2.87. The molecule has 0 saturated carbocycles. The molecule has 1 unspecified atom stereocenters. The molecule has 0 aliphatic carbocycles. The minimum absolute atomic E-state index is 0.0295. The number of benzene rings is 1. The van der Waals surface area contributed by atoms with Gasteiger partial charge in [0.1, 0.15) is 17.6 Å². The third kappa shape index (κ3) is 3.84. The molecule has 0 heterocycles. The molecular weight excluding hydrogens is 266 g/mol. The monoisotopic (exact) mass is 278 g/mol. The van der Waals surface area contributed by atoms with Crippen LogP contribution in [0.5, 0.6) is 5.75 Å². The molecule has 0 aliphatic heterocycles. The third-order valence-electron chi connectivity index (χ3n) is 2.46. The molecule has 0 aliphatic rings. The molecule has 1 aromatic rings. The van der Waals surface area contributed by atoms with Crippen LogP contribution in [-0.4, -0.2) is 12.6 Å². The van der Waals surface area contributed by atoms with E-state index in [1.165, 1.54) is 24.3 Å². The van der Waals surface area contributed by atoms with E-state index >= 15 is 0 Å². The van der Waals surface area contributed by atoms with Crippen LogP contribution in [0, 0.1) is 5.92 Å². The predicted octanol–water partition coefficient (Wildman–Crippen LogP) is 3.72. The lowest BCUT2D eigenvalue weighted by Gasteiger charge is -2.17. The Hall–Kier alpha value is -1.36. The Kier molecular flexibility index (Phi) is 5.34. The first kappa shape index (κ1) is 14.7. The van der Waals surface area contributed by atoms with Gasteiger partial charge in [-0.1, -0.05) is 26.0 Å². The molecule has 1 aromatic carbocycles. The van der Waals surface area contributed by atoms with Crippen molar-refractivity contribution in [3.63, 3.8) is 0 Å². The van der Waals surface area contributed by atoms with Crippen LogP contribution >= 0.6 is 11.9 Å². The van der Waals surface area contributed by atoms with E-state index in [0.29, 0.717) is 5.56 Å². The number of halogens is 3. The van der Waals surface area contributed by atoms with Crippen LogP contribution < -0.4 is 4.74 Å². The van der Waals surface area contributed by atoms with Crippen molar-refractivity contribution in [2.45, 2.75) is 26.4 Å². The van der Waals surface area contributed by atoms with Gasteiger partial charge in [-0.05, 0) is 23.6 Å². The molecule has 0 spiro atoms. The molecule has 0 aromatic heterocycles. The van der Waals surface area contributed by atoms with Crippen molar-refractivity contribution in [3.8, 4) is 5.75 Å². The van der Waals surface area contributed by atoms with E-state index in [2.05, 4.69) is 9.03 Å². The van der Waals surface area contributed by atoms with E-state index in [1.807, 2.05) is 13.8 Å². The van der Waals surface area contributed by atoms with E-state index in [9.17, 15) is 13.6 Å². The van der Waals surface area contributed by atoms with Gasteiger partial charge in [0.15, 0.2) is 0 Å². The number of carbonyl (C=O) groups is 1.